The van der Waals surface area contributed by atoms with Gasteiger partial charge in [0.05, 0.1) is 19.6 Å². The van der Waals surface area contributed by atoms with Crippen LogP contribution in [0.25, 0.3) is 0 Å². The van der Waals surface area contributed by atoms with Crippen LogP contribution in [0.4, 0.5) is 0 Å². The fraction of sp³-hybridized carbons (Fsp3) is 1.00. The first-order chi connectivity index (χ1) is 6.36. The fourth-order valence-electron chi connectivity index (χ4n) is 2.40. The molecule has 2 heteroatoms. The van der Waals surface area contributed by atoms with Gasteiger partial charge in [0, 0.05) is 12.3 Å². The maximum absolute atomic E-state index is 2.34. The van der Waals surface area contributed by atoms with Crippen LogP contribution in [-0.2, 0) is 0 Å². The van der Waals surface area contributed by atoms with Crippen molar-refractivity contribution in [3.63, 3.8) is 0 Å². The van der Waals surface area contributed by atoms with Gasteiger partial charge < -0.3 is 9.60 Å². The van der Waals surface area contributed by atoms with Crippen molar-refractivity contribution in [2.24, 2.45) is 5.92 Å². The molecule has 0 amide bonds. The summed E-state index contributed by atoms with van der Waals surface area (Å²) in [6.07, 6.45) is 8.60. The van der Waals surface area contributed by atoms with Crippen molar-refractivity contribution in [3.05, 3.63) is 0 Å². The molecule has 1 N–H and O–H groups in total. The molecule has 0 aromatic carbocycles. The quantitative estimate of drug-likeness (QED) is 0.522. The third kappa shape index (κ3) is 4.94. The van der Waals surface area contributed by atoms with Crippen LogP contribution in [0, 0.1) is 5.92 Å². The summed E-state index contributed by atoms with van der Waals surface area (Å²) in [5.41, 5.74) is 0. The van der Waals surface area contributed by atoms with Crippen LogP contribution in [0.3, 0.4) is 0 Å². The Bertz CT molecular complexity index is 127. The van der Waals surface area contributed by atoms with E-state index in [4.69, 9.17) is 0 Å². The van der Waals surface area contributed by atoms with Crippen molar-refractivity contribution in [1.82, 2.24) is 0 Å². The standard InChI is InChI=1S/C12H25N.FH/c1-3-5-6-7-9-13-10-8-12(4-2)11-13;/h12H,3-11H2,1-2H3;1H. The van der Waals surface area contributed by atoms with Crippen molar-refractivity contribution in [1.29, 1.82) is 0 Å². The van der Waals surface area contributed by atoms with Gasteiger partial charge >= 0.3 is 0 Å². The molecule has 1 heterocycles. The molecule has 0 spiro atoms. The molecular weight excluding hydrogens is 177 g/mol. The second-order valence-electron chi connectivity index (χ2n) is 4.58. The molecule has 0 radical (unpaired) electrons. The van der Waals surface area contributed by atoms with Crippen LogP contribution in [0.15, 0.2) is 0 Å². The monoisotopic (exact) mass is 203 g/mol. The highest BCUT2D eigenvalue weighted by Crippen LogP contribution is 2.07. The van der Waals surface area contributed by atoms with Gasteiger partial charge in [-0.15, -0.1) is 0 Å². The normalized spacial score (nSPS) is 26.1. The van der Waals surface area contributed by atoms with E-state index in [0.29, 0.717) is 0 Å². The highest BCUT2D eigenvalue weighted by atomic mass is 19.0. The number of rotatable bonds is 6. The van der Waals surface area contributed by atoms with Gasteiger partial charge in [-0.2, -0.15) is 0 Å². The van der Waals surface area contributed by atoms with E-state index in [1.807, 2.05) is 4.90 Å². The number of quaternary nitrogens is 1. The van der Waals surface area contributed by atoms with Gasteiger partial charge in [0.25, 0.3) is 0 Å². The zero-order valence-corrected chi connectivity index (χ0v) is 9.82. The molecule has 86 valence electrons. The first-order valence-corrected chi connectivity index (χ1v) is 6.20. The number of hydrogen-bond acceptors (Lipinski definition) is 0. The summed E-state index contributed by atoms with van der Waals surface area (Å²) >= 11 is 0. The van der Waals surface area contributed by atoms with E-state index in [9.17, 15) is 0 Å². The van der Waals surface area contributed by atoms with Crippen LogP contribution in [0.1, 0.15) is 52.4 Å². The molecule has 0 saturated carbocycles. The Morgan fingerprint density at radius 3 is 2.50 bits per heavy atom. The minimum absolute atomic E-state index is 0. The number of unbranched alkanes of at least 4 members (excludes halogenated alkanes) is 3. The first-order valence-electron chi connectivity index (χ1n) is 6.20. The molecule has 14 heavy (non-hydrogen) atoms. The molecule has 1 saturated heterocycles. The summed E-state index contributed by atoms with van der Waals surface area (Å²) in [4.78, 5) is 1.88. The van der Waals surface area contributed by atoms with Gasteiger partial charge in [-0.05, 0) is 19.3 Å². The van der Waals surface area contributed by atoms with Gasteiger partial charge in [-0.25, -0.2) is 0 Å². The average molecular weight is 203 g/mol. The summed E-state index contributed by atoms with van der Waals surface area (Å²) in [6, 6.07) is 0. The second-order valence-corrected chi connectivity index (χ2v) is 4.58. The predicted molar refractivity (Wildman–Crippen MR) is 58.1 cm³/mol. The summed E-state index contributed by atoms with van der Waals surface area (Å²) in [7, 11) is 0. The second kappa shape index (κ2) is 8.22. The SMILES string of the molecule is CCCCCC[NH+]1CCC(CC)C1.[F-]. The Balaban J connectivity index is 0.00000169. The molecular formula is C12H26FN. The lowest BCUT2D eigenvalue weighted by atomic mass is 10.1. The number of hydrogen-bond donors (Lipinski definition) is 1. The van der Waals surface area contributed by atoms with Crippen LogP contribution in [0.2, 0.25) is 0 Å². The molecule has 1 rings (SSSR count). The van der Waals surface area contributed by atoms with Crippen LogP contribution in [-0.4, -0.2) is 19.6 Å². The van der Waals surface area contributed by atoms with Gasteiger partial charge in [-0.1, -0.05) is 26.7 Å². The van der Waals surface area contributed by atoms with Crippen LogP contribution in [0.5, 0.6) is 0 Å². The van der Waals surface area contributed by atoms with Crippen molar-refractivity contribution >= 4 is 0 Å². The minimum Gasteiger partial charge on any atom is -1.00 e. The first kappa shape index (κ1) is 13.9. The zero-order chi connectivity index (χ0) is 9.52. The third-order valence-electron chi connectivity index (χ3n) is 3.44. The smallest absolute Gasteiger partial charge is 0.0801 e. The lowest BCUT2D eigenvalue weighted by Gasteiger charge is -2.12. The van der Waals surface area contributed by atoms with E-state index < -0.39 is 0 Å². The lowest BCUT2D eigenvalue weighted by molar-refractivity contribution is -0.889. The Morgan fingerprint density at radius 2 is 1.93 bits per heavy atom. The van der Waals surface area contributed by atoms with Gasteiger partial charge in [0.1, 0.15) is 0 Å². The van der Waals surface area contributed by atoms with Crippen LogP contribution < -0.4 is 9.60 Å². The lowest BCUT2D eigenvalue weighted by Crippen LogP contribution is -3.10. The van der Waals surface area contributed by atoms with E-state index >= 15 is 0 Å². The molecule has 1 aliphatic rings. The molecule has 0 aromatic heterocycles. The minimum atomic E-state index is 0. The Morgan fingerprint density at radius 1 is 1.14 bits per heavy atom. The molecule has 0 bridgehead atoms. The maximum Gasteiger partial charge on any atom is 0.0801 e. The Hall–Kier alpha value is -0.110. The summed E-state index contributed by atoms with van der Waals surface area (Å²) in [5.74, 6) is 1.04. The molecule has 0 aliphatic carbocycles. The number of nitrogens with one attached hydrogen (secondary N) is 1. The molecule has 1 nitrogen and oxygen atoms in total. The Labute approximate surface area is 88.2 Å². The molecule has 1 fully saturated rings. The number of likely N-dealkylation sites (tertiary alicyclic amines) is 1. The van der Waals surface area contributed by atoms with E-state index in [1.54, 1.807) is 0 Å². The molecule has 0 aromatic rings. The largest absolute Gasteiger partial charge is 1.00 e. The van der Waals surface area contributed by atoms with E-state index in [2.05, 4.69) is 13.8 Å². The van der Waals surface area contributed by atoms with Crippen molar-refractivity contribution < 1.29 is 9.60 Å². The maximum atomic E-state index is 2.34. The van der Waals surface area contributed by atoms with Crippen molar-refractivity contribution in [2.75, 3.05) is 19.6 Å². The van der Waals surface area contributed by atoms with Gasteiger partial charge in [-0.3, -0.25) is 0 Å². The fourth-order valence-corrected chi connectivity index (χ4v) is 2.40. The van der Waals surface area contributed by atoms with Crippen LogP contribution >= 0.6 is 0 Å². The highest BCUT2D eigenvalue weighted by molar-refractivity contribution is 4.59. The third-order valence-corrected chi connectivity index (χ3v) is 3.44. The van der Waals surface area contributed by atoms with Gasteiger partial charge in [0.15, 0.2) is 0 Å². The highest BCUT2D eigenvalue weighted by Gasteiger charge is 2.23. The van der Waals surface area contributed by atoms with Crippen molar-refractivity contribution in [2.45, 2.75) is 52.4 Å². The summed E-state index contributed by atoms with van der Waals surface area (Å²) in [5, 5.41) is 0. The Kier molecular flexibility index (Phi) is 8.15. The zero-order valence-electron chi connectivity index (χ0n) is 9.82. The summed E-state index contributed by atoms with van der Waals surface area (Å²) < 4.78 is 0. The topological polar surface area (TPSA) is 4.44 Å². The molecule has 1 aliphatic heterocycles. The van der Waals surface area contributed by atoms with E-state index in [-0.39, 0.29) is 4.70 Å². The molecule has 2 unspecified atom stereocenters. The van der Waals surface area contributed by atoms with Crippen molar-refractivity contribution in [3.8, 4) is 0 Å². The van der Waals surface area contributed by atoms with E-state index in [1.165, 1.54) is 58.2 Å². The predicted octanol–water partition coefficient (Wildman–Crippen LogP) is -1.11. The van der Waals surface area contributed by atoms with E-state index in [0.717, 1.165) is 5.92 Å². The van der Waals surface area contributed by atoms with Gasteiger partial charge in [0.2, 0.25) is 0 Å². The average Bonchev–Trinajstić information content (AvgIpc) is 2.60. The summed E-state index contributed by atoms with van der Waals surface area (Å²) in [6.45, 7) is 8.98. The number of halogens is 1. The molecule has 2 atom stereocenters.